The maximum absolute atomic E-state index is 14.0. The summed E-state index contributed by atoms with van der Waals surface area (Å²) >= 11 is 0. The summed E-state index contributed by atoms with van der Waals surface area (Å²) in [5.41, 5.74) is -0.301. The summed E-state index contributed by atoms with van der Waals surface area (Å²) in [6.45, 7) is -0.0895. The summed E-state index contributed by atoms with van der Waals surface area (Å²) in [4.78, 5) is 12.8. The third-order valence-electron chi connectivity index (χ3n) is 3.03. The highest BCUT2D eigenvalue weighted by Gasteiger charge is 2.35. The predicted molar refractivity (Wildman–Crippen MR) is 66.5 cm³/mol. The number of carbonyl (C=O) groups excluding carboxylic acids is 1. The van der Waals surface area contributed by atoms with Crippen LogP contribution in [0.2, 0.25) is 0 Å². The van der Waals surface area contributed by atoms with Gasteiger partial charge in [0.25, 0.3) is 0 Å². The summed E-state index contributed by atoms with van der Waals surface area (Å²) in [6, 6.07) is 5.66. The summed E-state index contributed by atoms with van der Waals surface area (Å²) in [6.07, 6.45) is -0.167. The van der Waals surface area contributed by atoms with Crippen molar-refractivity contribution in [3.05, 3.63) is 29.6 Å². The molecule has 1 unspecified atom stereocenters. The topological polar surface area (TPSA) is 78.2 Å². The molecule has 0 saturated carbocycles. The normalized spacial score (nSPS) is 19.1. The Labute approximate surface area is 114 Å². The van der Waals surface area contributed by atoms with Crippen LogP contribution in [0.4, 0.5) is 14.0 Å². The first-order chi connectivity index (χ1) is 9.31. The molecule has 20 heavy (non-hydrogen) atoms. The van der Waals surface area contributed by atoms with Gasteiger partial charge in [0, 0.05) is 18.9 Å². The van der Waals surface area contributed by atoms with Gasteiger partial charge in [0.2, 0.25) is 5.91 Å². The lowest BCUT2D eigenvalue weighted by Crippen LogP contribution is -2.26. The molecule has 1 fully saturated rings. The van der Waals surface area contributed by atoms with Crippen LogP contribution in [0.15, 0.2) is 18.2 Å². The van der Waals surface area contributed by atoms with E-state index in [-0.39, 0.29) is 24.2 Å². The molecule has 5 nitrogen and oxygen atoms in total. The van der Waals surface area contributed by atoms with Gasteiger partial charge >= 0.3 is 10.2 Å². The molecule has 106 valence electrons. The molecule has 0 radical (unpaired) electrons. The van der Waals surface area contributed by atoms with Gasteiger partial charge in [-0.2, -0.15) is 13.7 Å². The minimum absolute atomic E-state index is 0.0895. The second kappa shape index (κ2) is 5.17. The fourth-order valence-electron chi connectivity index (χ4n) is 2.22. The van der Waals surface area contributed by atoms with Crippen molar-refractivity contribution in [1.82, 2.24) is 0 Å². The molecule has 1 amide bonds. The molecule has 1 aliphatic rings. The van der Waals surface area contributed by atoms with Crippen LogP contribution in [0, 0.1) is 23.1 Å². The maximum Gasteiger partial charge on any atom is 0.302 e. The van der Waals surface area contributed by atoms with Gasteiger partial charge in [0.1, 0.15) is 6.07 Å². The quantitative estimate of drug-likeness (QED) is 0.789. The van der Waals surface area contributed by atoms with E-state index in [0.717, 1.165) is 4.90 Å². The molecule has 0 N–H and O–H groups in total. The number of nitrogens with zero attached hydrogens (tertiary/aromatic N) is 2. The third-order valence-corrected chi connectivity index (χ3v) is 3.90. The molecule has 0 aromatic heterocycles. The van der Waals surface area contributed by atoms with E-state index in [1.807, 2.05) is 0 Å². The van der Waals surface area contributed by atoms with Crippen LogP contribution in [0.5, 0.6) is 0 Å². The van der Waals surface area contributed by atoms with Gasteiger partial charge in [-0.3, -0.25) is 4.79 Å². The first-order valence-corrected chi connectivity index (χ1v) is 7.28. The van der Waals surface area contributed by atoms with Gasteiger partial charge in [0.15, 0.2) is 5.82 Å². The number of benzene rings is 1. The van der Waals surface area contributed by atoms with Gasteiger partial charge in [-0.05, 0) is 12.1 Å². The van der Waals surface area contributed by atoms with Crippen LogP contribution < -0.4 is 4.90 Å². The molecule has 2 rings (SSSR count). The summed E-state index contributed by atoms with van der Waals surface area (Å²) < 4.78 is 47.8. The minimum Gasteiger partial charge on any atom is -0.309 e. The van der Waals surface area contributed by atoms with E-state index in [1.54, 1.807) is 6.07 Å². The molecule has 1 aromatic carbocycles. The molecule has 1 aliphatic heterocycles. The van der Waals surface area contributed by atoms with E-state index < -0.39 is 33.6 Å². The maximum atomic E-state index is 14.0. The fraction of sp³-hybridized carbons (Fsp3) is 0.333. The summed E-state index contributed by atoms with van der Waals surface area (Å²) in [7, 11) is -4.68. The van der Waals surface area contributed by atoms with E-state index in [9.17, 15) is 21.5 Å². The largest absolute Gasteiger partial charge is 0.309 e. The fourth-order valence-corrected chi connectivity index (χ4v) is 3.01. The zero-order valence-corrected chi connectivity index (χ0v) is 11.0. The number of halogens is 2. The smallest absolute Gasteiger partial charge is 0.302 e. The third kappa shape index (κ3) is 2.93. The van der Waals surface area contributed by atoms with E-state index in [2.05, 4.69) is 0 Å². The van der Waals surface area contributed by atoms with Gasteiger partial charge in [-0.1, -0.05) is 6.07 Å². The van der Waals surface area contributed by atoms with Crippen molar-refractivity contribution < 1.29 is 21.5 Å². The van der Waals surface area contributed by atoms with Crippen LogP contribution in [0.1, 0.15) is 12.0 Å². The van der Waals surface area contributed by atoms with Crippen molar-refractivity contribution in [3.63, 3.8) is 0 Å². The molecular weight excluding hydrogens is 290 g/mol. The van der Waals surface area contributed by atoms with Crippen molar-refractivity contribution in [3.8, 4) is 6.07 Å². The van der Waals surface area contributed by atoms with E-state index in [0.29, 0.717) is 0 Å². The highest BCUT2D eigenvalue weighted by molar-refractivity contribution is 7.86. The van der Waals surface area contributed by atoms with Crippen LogP contribution in [0.3, 0.4) is 0 Å². The lowest BCUT2D eigenvalue weighted by molar-refractivity contribution is -0.117. The Bertz CT molecular complexity index is 697. The standard InChI is InChI=1S/C12H10F2N2O3S/c13-12-9(5-15)2-1-3-10(12)16-6-8(4-11(16)17)7-20(14,18)19/h1-3,8H,4,6-7H2. The van der Waals surface area contributed by atoms with Crippen molar-refractivity contribution in [2.24, 2.45) is 5.92 Å². The van der Waals surface area contributed by atoms with Gasteiger partial charge in [0.05, 0.1) is 17.0 Å². The van der Waals surface area contributed by atoms with Gasteiger partial charge in [-0.15, -0.1) is 3.89 Å². The zero-order chi connectivity index (χ0) is 14.9. The molecule has 8 heteroatoms. The molecule has 0 aliphatic carbocycles. The van der Waals surface area contributed by atoms with Crippen molar-refractivity contribution >= 4 is 21.8 Å². The molecule has 0 spiro atoms. The molecule has 1 aromatic rings. The average molecular weight is 300 g/mol. The van der Waals surface area contributed by atoms with Crippen LogP contribution in [0.25, 0.3) is 0 Å². The number of anilines is 1. The van der Waals surface area contributed by atoms with Gasteiger partial charge in [-0.25, -0.2) is 4.39 Å². The number of carbonyl (C=O) groups is 1. The number of hydrogen-bond donors (Lipinski definition) is 0. The second-order valence-electron chi connectivity index (χ2n) is 4.53. The highest BCUT2D eigenvalue weighted by atomic mass is 32.3. The molecule has 0 bridgehead atoms. The Hall–Kier alpha value is -2.01. The van der Waals surface area contributed by atoms with Crippen molar-refractivity contribution in [2.45, 2.75) is 6.42 Å². The predicted octanol–water partition coefficient (Wildman–Crippen LogP) is 1.35. The van der Waals surface area contributed by atoms with E-state index in [4.69, 9.17) is 5.26 Å². The highest BCUT2D eigenvalue weighted by Crippen LogP contribution is 2.29. The SMILES string of the molecule is N#Cc1cccc(N2CC(CS(=O)(=O)F)CC2=O)c1F. The lowest BCUT2D eigenvalue weighted by Gasteiger charge is -2.17. The average Bonchev–Trinajstić information content (AvgIpc) is 2.68. The summed E-state index contributed by atoms with van der Waals surface area (Å²) in [5.74, 6) is -2.82. The minimum atomic E-state index is -4.68. The zero-order valence-electron chi connectivity index (χ0n) is 10.2. The Balaban J connectivity index is 2.27. The molecule has 1 heterocycles. The number of nitriles is 1. The number of amides is 1. The number of hydrogen-bond acceptors (Lipinski definition) is 4. The first-order valence-electron chi connectivity index (χ1n) is 5.73. The second-order valence-corrected chi connectivity index (χ2v) is 5.94. The lowest BCUT2D eigenvalue weighted by atomic mass is 10.1. The Morgan fingerprint density at radius 2 is 2.15 bits per heavy atom. The van der Waals surface area contributed by atoms with E-state index in [1.165, 1.54) is 18.2 Å². The monoisotopic (exact) mass is 300 g/mol. The Kier molecular flexibility index (Phi) is 3.72. The molecule has 1 saturated heterocycles. The van der Waals surface area contributed by atoms with Crippen molar-refractivity contribution in [1.29, 1.82) is 5.26 Å². The molecule has 1 atom stereocenters. The van der Waals surface area contributed by atoms with Crippen LogP contribution in [-0.4, -0.2) is 26.6 Å². The Morgan fingerprint density at radius 3 is 2.75 bits per heavy atom. The molecular formula is C12H10F2N2O3S. The van der Waals surface area contributed by atoms with Crippen molar-refractivity contribution in [2.75, 3.05) is 17.2 Å². The summed E-state index contributed by atoms with van der Waals surface area (Å²) in [5, 5.41) is 8.73. The van der Waals surface area contributed by atoms with Crippen LogP contribution >= 0.6 is 0 Å². The first kappa shape index (κ1) is 14.4. The van der Waals surface area contributed by atoms with E-state index >= 15 is 0 Å². The number of rotatable bonds is 3. The van der Waals surface area contributed by atoms with Gasteiger partial charge < -0.3 is 4.90 Å². The Morgan fingerprint density at radius 1 is 1.45 bits per heavy atom. The van der Waals surface area contributed by atoms with Crippen LogP contribution in [-0.2, 0) is 15.0 Å².